The molecule has 0 aromatic carbocycles. The molecule has 0 N–H and O–H groups in total. The lowest BCUT2D eigenvalue weighted by Gasteiger charge is -2.18. The second-order valence-electron chi connectivity index (χ2n) is 22.7. The Hall–Kier alpha value is -3.93. The van der Waals surface area contributed by atoms with Crippen LogP contribution in [0.2, 0.25) is 0 Å². The Morgan fingerprint density at radius 1 is 0.259 bits per heavy atom. The maximum absolute atomic E-state index is 12.9. The molecule has 0 saturated heterocycles. The molecule has 0 fully saturated rings. The van der Waals surface area contributed by atoms with Crippen molar-refractivity contribution in [3.63, 3.8) is 0 Å². The van der Waals surface area contributed by atoms with E-state index in [-0.39, 0.29) is 31.1 Å². The second kappa shape index (κ2) is 68.6. The van der Waals surface area contributed by atoms with Crippen LogP contribution in [0.4, 0.5) is 0 Å². The number of hydrogen-bond donors (Lipinski definition) is 0. The van der Waals surface area contributed by atoms with E-state index in [1.54, 1.807) is 0 Å². The Balaban J connectivity index is 4.17. The van der Waals surface area contributed by atoms with Gasteiger partial charge in [0.15, 0.2) is 6.10 Å². The molecule has 1 unspecified atom stereocenters. The van der Waals surface area contributed by atoms with Crippen LogP contribution in [0.3, 0.4) is 0 Å². The molecular weight excluding hydrogens is 997 g/mol. The van der Waals surface area contributed by atoms with Gasteiger partial charge in [-0.15, -0.1) is 0 Å². The Morgan fingerprint density at radius 2 is 0.481 bits per heavy atom. The zero-order chi connectivity index (χ0) is 58.5. The number of carbonyl (C=O) groups is 3. The van der Waals surface area contributed by atoms with Gasteiger partial charge in [0, 0.05) is 19.3 Å². The van der Waals surface area contributed by atoms with E-state index in [9.17, 15) is 14.4 Å². The second-order valence-corrected chi connectivity index (χ2v) is 22.7. The number of ether oxygens (including phenoxy) is 3. The van der Waals surface area contributed by atoms with Crippen molar-refractivity contribution in [2.24, 2.45) is 0 Å². The fraction of sp³-hybridized carbons (Fsp3) is 0.720. The summed E-state index contributed by atoms with van der Waals surface area (Å²) in [5.41, 5.74) is 0. The van der Waals surface area contributed by atoms with Crippen LogP contribution in [0.15, 0.2) is 109 Å². The molecule has 6 heteroatoms. The number of rotatable bonds is 62. The summed E-state index contributed by atoms with van der Waals surface area (Å²) in [6, 6.07) is 0. The summed E-state index contributed by atoms with van der Waals surface area (Å²) in [4.78, 5) is 38.3. The summed E-state index contributed by atoms with van der Waals surface area (Å²) in [6.45, 7) is 6.38. The molecule has 1 atom stereocenters. The Labute approximate surface area is 501 Å². The van der Waals surface area contributed by atoms with Crippen molar-refractivity contribution in [3.05, 3.63) is 109 Å². The Morgan fingerprint density at radius 3 is 0.765 bits per heavy atom. The minimum Gasteiger partial charge on any atom is -0.462 e. The minimum absolute atomic E-state index is 0.0882. The van der Waals surface area contributed by atoms with Crippen molar-refractivity contribution in [1.29, 1.82) is 0 Å². The number of esters is 3. The van der Waals surface area contributed by atoms with Gasteiger partial charge in [-0.05, 0) is 122 Å². The standard InChI is InChI=1S/C75H128O6/c1-4-7-10-13-16-19-22-25-27-29-30-31-32-33-34-35-36-37-38-39-40-41-42-43-44-46-47-50-53-56-59-62-65-68-74(77)80-71-72(70-79-73(76)67-64-61-58-55-52-49-24-21-18-15-12-9-6-3)81-75(78)69-66-63-60-57-54-51-48-45-28-26-23-20-17-14-11-8-5-2/h7,9-10,12,16-21,25-28,30-31,49,52,72H,4-6,8,11,13-15,22-24,29,32-48,50-51,53-71H2,1-3H3/b10-7-,12-9-,19-16-,20-17-,21-18-,27-25-,28-26-,31-30-,52-49-. The Kier molecular flexibility index (Phi) is 65.2. The molecule has 0 spiro atoms. The smallest absolute Gasteiger partial charge is 0.306 e. The van der Waals surface area contributed by atoms with Gasteiger partial charge in [0.2, 0.25) is 0 Å². The molecule has 6 nitrogen and oxygen atoms in total. The largest absolute Gasteiger partial charge is 0.462 e. The van der Waals surface area contributed by atoms with E-state index in [0.29, 0.717) is 19.3 Å². The molecule has 0 aromatic heterocycles. The lowest BCUT2D eigenvalue weighted by Crippen LogP contribution is -2.30. The highest BCUT2D eigenvalue weighted by atomic mass is 16.6. The molecule has 0 saturated carbocycles. The number of hydrogen-bond acceptors (Lipinski definition) is 6. The van der Waals surface area contributed by atoms with Crippen molar-refractivity contribution < 1.29 is 28.6 Å². The molecular formula is C75H128O6. The van der Waals surface area contributed by atoms with Gasteiger partial charge in [-0.3, -0.25) is 14.4 Å². The topological polar surface area (TPSA) is 78.9 Å². The molecule has 0 radical (unpaired) electrons. The summed E-state index contributed by atoms with van der Waals surface area (Å²) in [7, 11) is 0. The maximum Gasteiger partial charge on any atom is 0.306 e. The third-order valence-electron chi connectivity index (χ3n) is 14.7. The highest BCUT2D eigenvalue weighted by Crippen LogP contribution is 2.17. The fourth-order valence-corrected chi connectivity index (χ4v) is 9.66. The van der Waals surface area contributed by atoms with E-state index in [1.807, 2.05) is 0 Å². The van der Waals surface area contributed by atoms with Crippen LogP contribution in [0.1, 0.15) is 329 Å². The van der Waals surface area contributed by atoms with Crippen molar-refractivity contribution in [2.75, 3.05) is 13.2 Å². The number of carbonyl (C=O) groups excluding carboxylic acids is 3. The monoisotopic (exact) mass is 1120 g/mol. The maximum atomic E-state index is 12.9. The molecule has 0 aliphatic carbocycles. The minimum atomic E-state index is -0.795. The van der Waals surface area contributed by atoms with Gasteiger partial charge in [0.05, 0.1) is 0 Å². The number of unbranched alkanes of at least 4 members (excludes halogenated alkanes) is 33. The molecule has 464 valence electrons. The van der Waals surface area contributed by atoms with Gasteiger partial charge in [0.1, 0.15) is 13.2 Å². The van der Waals surface area contributed by atoms with E-state index < -0.39 is 6.10 Å². The third kappa shape index (κ3) is 66.8. The van der Waals surface area contributed by atoms with E-state index in [2.05, 4.69) is 130 Å². The van der Waals surface area contributed by atoms with E-state index in [1.165, 1.54) is 167 Å². The van der Waals surface area contributed by atoms with Gasteiger partial charge in [0.25, 0.3) is 0 Å². The van der Waals surface area contributed by atoms with Gasteiger partial charge >= 0.3 is 17.9 Å². The molecule has 0 aliphatic rings. The van der Waals surface area contributed by atoms with Gasteiger partial charge in [-0.2, -0.15) is 0 Å². The predicted molar refractivity (Wildman–Crippen MR) is 353 cm³/mol. The first-order valence-corrected chi connectivity index (χ1v) is 34.4. The molecule has 0 rings (SSSR count). The average Bonchev–Trinajstić information content (AvgIpc) is 3.46. The van der Waals surface area contributed by atoms with E-state index in [0.717, 1.165) is 122 Å². The first-order valence-electron chi connectivity index (χ1n) is 34.4. The normalized spacial score (nSPS) is 12.8. The van der Waals surface area contributed by atoms with Crippen LogP contribution in [0, 0.1) is 0 Å². The summed E-state index contributed by atoms with van der Waals surface area (Å²) in [5.74, 6) is -0.915. The molecule has 0 aliphatic heterocycles. The third-order valence-corrected chi connectivity index (χ3v) is 14.7. The number of allylic oxidation sites excluding steroid dienone is 18. The molecule has 0 bridgehead atoms. The zero-order valence-electron chi connectivity index (χ0n) is 53.3. The van der Waals surface area contributed by atoms with Crippen molar-refractivity contribution in [3.8, 4) is 0 Å². The van der Waals surface area contributed by atoms with E-state index >= 15 is 0 Å². The van der Waals surface area contributed by atoms with Crippen molar-refractivity contribution >= 4 is 17.9 Å². The lowest BCUT2D eigenvalue weighted by atomic mass is 10.0. The summed E-state index contributed by atoms with van der Waals surface area (Å²) >= 11 is 0. The first-order chi connectivity index (χ1) is 40.0. The average molecular weight is 1130 g/mol. The summed E-state index contributed by atoms with van der Waals surface area (Å²) < 4.78 is 16.9. The lowest BCUT2D eigenvalue weighted by molar-refractivity contribution is -0.167. The van der Waals surface area contributed by atoms with Crippen molar-refractivity contribution in [2.45, 2.75) is 335 Å². The van der Waals surface area contributed by atoms with Crippen LogP contribution < -0.4 is 0 Å². The molecule has 0 amide bonds. The fourth-order valence-electron chi connectivity index (χ4n) is 9.66. The van der Waals surface area contributed by atoms with Gasteiger partial charge in [-0.25, -0.2) is 0 Å². The summed E-state index contributed by atoms with van der Waals surface area (Å²) in [6.07, 6.45) is 94.1. The molecule has 0 aromatic rings. The SMILES string of the molecule is CC/C=C\C/C=C\C/C=C\C/C=C\CCCCCCCCCCCCCCCCCCCCCCC(=O)OCC(COC(=O)CCCCC/C=C\C/C=C\C/C=C\CC)OC(=O)CCCCCCCCC/C=C\C/C=C\CCCCC. The highest BCUT2D eigenvalue weighted by molar-refractivity contribution is 5.71. The van der Waals surface area contributed by atoms with Gasteiger partial charge < -0.3 is 14.2 Å². The summed E-state index contributed by atoms with van der Waals surface area (Å²) in [5, 5.41) is 0. The van der Waals surface area contributed by atoms with Crippen LogP contribution in [-0.2, 0) is 28.6 Å². The quantitative estimate of drug-likeness (QED) is 0.0261. The van der Waals surface area contributed by atoms with Crippen LogP contribution in [-0.4, -0.2) is 37.2 Å². The van der Waals surface area contributed by atoms with Crippen LogP contribution in [0.25, 0.3) is 0 Å². The predicted octanol–water partition coefficient (Wildman–Crippen LogP) is 23.8. The zero-order valence-corrected chi connectivity index (χ0v) is 53.3. The van der Waals surface area contributed by atoms with Crippen LogP contribution in [0.5, 0.6) is 0 Å². The van der Waals surface area contributed by atoms with Crippen LogP contribution >= 0.6 is 0 Å². The highest BCUT2D eigenvalue weighted by Gasteiger charge is 2.19. The Bertz CT molecular complexity index is 1620. The first kappa shape index (κ1) is 77.1. The van der Waals surface area contributed by atoms with Crippen molar-refractivity contribution in [1.82, 2.24) is 0 Å². The molecule has 81 heavy (non-hydrogen) atoms. The molecule has 0 heterocycles. The van der Waals surface area contributed by atoms with E-state index in [4.69, 9.17) is 14.2 Å². The van der Waals surface area contributed by atoms with Gasteiger partial charge in [-0.1, -0.05) is 297 Å².